The van der Waals surface area contributed by atoms with Crippen LogP contribution in [-0.4, -0.2) is 22.4 Å². The maximum atomic E-state index is 12.2. The standard InChI is InChI=1S/C16H17N5O/c1-3-19-16-13(6-12(8-17)9-20-16)7-15(22)21-14-10-18-5-4-11(14)2/h4-6,9-10H,3,7H2,1-2H3,(H,19,20)(H,21,22). The van der Waals surface area contributed by atoms with Gasteiger partial charge >= 0.3 is 0 Å². The second kappa shape index (κ2) is 7.18. The van der Waals surface area contributed by atoms with E-state index in [9.17, 15) is 4.79 Å². The van der Waals surface area contributed by atoms with Gasteiger partial charge in [0, 0.05) is 24.5 Å². The van der Waals surface area contributed by atoms with Crippen LogP contribution in [0.2, 0.25) is 0 Å². The van der Waals surface area contributed by atoms with E-state index < -0.39 is 0 Å². The molecule has 112 valence electrons. The molecule has 0 radical (unpaired) electrons. The van der Waals surface area contributed by atoms with Gasteiger partial charge in [-0.05, 0) is 31.5 Å². The van der Waals surface area contributed by atoms with Gasteiger partial charge in [0.05, 0.1) is 23.9 Å². The van der Waals surface area contributed by atoms with E-state index in [1.165, 1.54) is 6.20 Å². The van der Waals surface area contributed by atoms with Crippen LogP contribution in [0.15, 0.2) is 30.7 Å². The Balaban J connectivity index is 2.17. The van der Waals surface area contributed by atoms with Crippen LogP contribution in [0.1, 0.15) is 23.6 Å². The maximum Gasteiger partial charge on any atom is 0.228 e. The number of hydrogen-bond acceptors (Lipinski definition) is 5. The third kappa shape index (κ3) is 3.79. The molecule has 2 N–H and O–H groups in total. The number of nitrogens with zero attached hydrogens (tertiary/aromatic N) is 3. The molecule has 1 amide bonds. The van der Waals surface area contributed by atoms with E-state index in [1.54, 1.807) is 18.5 Å². The lowest BCUT2D eigenvalue weighted by atomic mass is 10.1. The Morgan fingerprint density at radius 2 is 2.23 bits per heavy atom. The highest BCUT2D eigenvalue weighted by Gasteiger charge is 2.11. The van der Waals surface area contributed by atoms with Crippen molar-refractivity contribution in [3.8, 4) is 6.07 Å². The van der Waals surface area contributed by atoms with E-state index in [0.717, 1.165) is 5.56 Å². The monoisotopic (exact) mass is 295 g/mol. The van der Waals surface area contributed by atoms with Crippen molar-refractivity contribution in [1.82, 2.24) is 9.97 Å². The molecule has 0 aliphatic carbocycles. The van der Waals surface area contributed by atoms with Crippen molar-refractivity contribution < 1.29 is 4.79 Å². The predicted molar refractivity (Wildman–Crippen MR) is 84.4 cm³/mol. The molecule has 2 aromatic rings. The van der Waals surface area contributed by atoms with Crippen molar-refractivity contribution >= 4 is 17.4 Å². The summed E-state index contributed by atoms with van der Waals surface area (Å²) in [5.74, 6) is 0.451. The highest BCUT2D eigenvalue weighted by Crippen LogP contribution is 2.17. The normalized spacial score (nSPS) is 9.86. The highest BCUT2D eigenvalue weighted by atomic mass is 16.1. The minimum Gasteiger partial charge on any atom is -0.370 e. The zero-order chi connectivity index (χ0) is 15.9. The fraction of sp³-hybridized carbons (Fsp3) is 0.250. The molecule has 0 bridgehead atoms. The summed E-state index contributed by atoms with van der Waals surface area (Å²) in [6.45, 7) is 4.54. The van der Waals surface area contributed by atoms with Crippen LogP contribution in [0.5, 0.6) is 0 Å². The summed E-state index contributed by atoms with van der Waals surface area (Å²) in [6, 6.07) is 5.55. The van der Waals surface area contributed by atoms with Gasteiger partial charge in [0.15, 0.2) is 0 Å². The lowest BCUT2D eigenvalue weighted by molar-refractivity contribution is -0.115. The number of carbonyl (C=O) groups excluding carboxylic acids is 1. The van der Waals surface area contributed by atoms with Gasteiger partial charge in [0.25, 0.3) is 0 Å². The number of carbonyl (C=O) groups is 1. The van der Waals surface area contributed by atoms with Gasteiger partial charge in [-0.1, -0.05) is 0 Å². The van der Waals surface area contributed by atoms with Gasteiger partial charge < -0.3 is 10.6 Å². The van der Waals surface area contributed by atoms with Gasteiger partial charge in [0.1, 0.15) is 11.9 Å². The smallest absolute Gasteiger partial charge is 0.228 e. The molecule has 2 aromatic heterocycles. The quantitative estimate of drug-likeness (QED) is 0.883. The molecule has 6 nitrogen and oxygen atoms in total. The summed E-state index contributed by atoms with van der Waals surface area (Å²) in [7, 11) is 0. The number of pyridine rings is 2. The summed E-state index contributed by atoms with van der Waals surface area (Å²) in [5, 5.41) is 14.9. The fourth-order valence-electron chi connectivity index (χ4n) is 2.00. The van der Waals surface area contributed by atoms with Gasteiger partial charge in [0.2, 0.25) is 5.91 Å². The van der Waals surface area contributed by atoms with Crippen molar-refractivity contribution in [2.24, 2.45) is 0 Å². The molecule has 2 rings (SSSR count). The van der Waals surface area contributed by atoms with Gasteiger partial charge in [-0.15, -0.1) is 0 Å². The van der Waals surface area contributed by atoms with E-state index >= 15 is 0 Å². The summed E-state index contributed by atoms with van der Waals surface area (Å²) >= 11 is 0. The number of aromatic nitrogens is 2. The van der Waals surface area contributed by atoms with E-state index in [2.05, 4.69) is 20.6 Å². The molecule has 0 aromatic carbocycles. The Hall–Kier alpha value is -2.94. The van der Waals surface area contributed by atoms with E-state index in [-0.39, 0.29) is 12.3 Å². The number of rotatable bonds is 5. The van der Waals surface area contributed by atoms with E-state index in [0.29, 0.717) is 29.2 Å². The lowest BCUT2D eigenvalue weighted by Gasteiger charge is -2.11. The molecule has 2 heterocycles. The summed E-state index contributed by atoms with van der Waals surface area (Å²) in [5.41, 5.74) is 2.75. The van der Waals surface area contributed by atoms with Crippen molar-refractivity contribution in [1.29, 1.82) is 5.26 Å². The Kier molecular flexibility index (Phi) is 5.04. The Bertz CT molecular complexity index is 721. The van der Waals surface area contributed by atoms with Crippen LogP contribution in [0, 0.1) is 18.3 Å². The number of nitriles is 1. The van der Waals surface area contributed by atoms with Crippen LogP contribution in [0.3, 0.4) is 0 Å². The van der Waals surface area contributed by atoms with Crippen molar-refractivity contribution in [3.05, 3.63) is 47.4 Å². The molecule has 0 fully saturated rings. The van der Waals surface area contributed by atoms with E-state index in [4.69, 9.17) is 5.26 Å². The minimum atomic E-state index is -0.174. The fourth-order valence-corrected chi connectivity index (χ4v) is 2.00. The molecule has 0 spiro atoms. The molecule has 0 aliphatic rings. The summed E-state index contributed by atoms with van der Waals surface area (Å²) < 4.78 is 0. The van der Waals surface area contributed by atoms with Crippen molar-refractivity contribution in [2.45, 2.75) is 20.3 Å². The minimum absolute atomic E-state index is 0.138. The third-order valence-electron chi connectivity index (χ3n) is 3.10. The van der Waals surface area contributed by atoms with Crippen LogP contribution < -0.4 is 10.6 Å². The van der Waals surface area contributed by atoms with Crippen molar-refractivity contribution in [3.63, 3.8) is 0 Å². The average Bonchev–Trinajstić information content (AvgIpc) is 2.51. The first-order chi connectivity index (χ1) is 10.6. The predicted octanol–water partition coefficient (Wildman–Crippen LogP) is 2.27. The second-order valence-corrected chi connectivity index (χ2v) is 4.79. The topological polar surface area (TPSA) is 90.7 Å². The number of aryl methyl sites for hydroxylation is 1. The number of amides is 1. The van der Waals surface area contributed by atoms with Crippen LogP contribution in [0.25, 0.3) is 0 Å². The van der Waals surface area contributed by atoms with Crippen LogP contribution in [0.4, 0.5) is 11.5 Å². The average molecular weight is 295 g/mol. The Labute approximate surface area is 129 Å². The van der Waals surface area contributed by atoms with Crippen LogP contribution >= 0.6 is 0 Å². The summed E-state index contributed by atoms with van der Waals surface area (Å²) in [6.07, 6.45) is 4.92. The molecule has 0 saturated heterocycles. The third-order valence-corrected chi connectivity index (χ3v) is 3.10. The molecule has 0 unspecified atom stereocenters. The number of hydrogen-bond donors (Lipinski definition) is 2. The molecule has 0 aliphatic heterocycles. The molecule has 0 atom stereocenters. The first-order valence-corrected chi connectivity index (χ1v) is 6.97. The van der Waals surface area contributed by atoms with Crippen LogP contribution in [-0.2, 0) is 11.2 Å². The number of anilines is 2. The van der Waals surface area contributed by atoms with Gasteiger partial charge in [-0.2, -0.15) is 5.26 Å². The Morgan fingerprint density at radius 1 is 1.41 bits per heavy atom. The second-order valence-electron chi connectivity index (χ2n) is 4.79. The highest BCUT2D eigenvalue weighted by molar-refractivity contribution is 5.93. The van der Waals surface area contributed by atoms with Gasteiger partial charge in [-0.25, -0.2) is 4.98 Å². The first-order valence-electron chi connectivity index (χ1n) is 6.97. The molecule has 22 heavy (non-hydrogen) atoms. The Morgan fingerprint density at radius 3 is 2.91 bits per heavy atom. The maximum absolute atomic E-state index is 12.2. The number of nitrogens with one attached hydrogen (secondary N) is 2. The lowest BCUT2D eigenvalue weighted by Crippen LogP contribution is -2.17. The molecule has 0 saturated carbocycles. The van der Waals surface area contributed by atoms with Gasteiger partial charge in [-0.3, -0.25) is 9.78 Å². The zero-order valence-corrected chi connectivity index (χ0v) is 12.6. The SMILES string of the molecule is CCNc1ncc(C#N)cc1CC(=O)Nc1cnccc1C. The summed E-state index contributed by atoms with van der Waals surface area (Å²) in [4.78, 5) is 20.4. The first kappa shape index (κ1) is 15.4. The molecule has 6 heteroatoms. The van der Waals surface area contributed by atoms with E-state index in [1.807, 2.05) is 26.0 Å². The molecular weight excluding hydrogens is 278 g/mol. The largest absolute Gasteiger partial charge is 0.370 e. The molecular formula is C16H17N5O. The zero-order valence-electron chi connectivity index (χ0n) is 12.6. The van der Waals surface area contributed by atoms with Crippen molar-refractivity contribution in [2.75, 3.05) is 17.2 Å².